The van der Waals surface area contributed by atoms with Gasteiger partial charge in [-0.3, -0.25) is 9.44 Å². The van der Waals surface area contributed by atoms with Crippen molar-refractivity contribution >= 4 is 72.4 Å². The number of thiazole rings is 2. The molecule has 0 saturated carbocycles. The van der Waals surface area contributed by atoms with Gasteiger partial charge in [0.1, 0.15) is 5.60 Å². The zero-order chi connectivity index (χ0) is 33.2. The third-order valence-corrected chi connectivity index (χ3v) is 10.8. The maximum Gasteiger partial charge on any atom is 0.410 e. The number of rotatable bonds is 8. The molecular weight excluding hydrogens is 677 g/mol. The van der Waals surface area contributed by atoms with Gasteiger partial charge < -0.3 is 24.8 Å². The Morgan fingerprint density at radius 2 is 1.28 bits per heavy atom. The number of aromatic nitrogens is 2. The number of nitrogens with one attached hydrogen (secondary N) is 3. The number of benzene rings is 2. The molecule has 2 atom stereocenters. The van der Waals surface area contributed by atoms with E-state index >= 15 is 0 Å². The maximum absolute atomic E-state index is 12.5. The largest absolute Gasteiger partial charge is 0.444 e. The molecule has 2 fully saturated rings. The summed E-state index contributed by atoms with van der Waals surface area (Å²) in [5, 5.41) is 8.33. The number of carbonyl (C=O) groups excluding carboxylic acids is 1. The van der Waals surface area contributed by atoms with Crippen LogP contribution in [0.25, 0.3) is 0 Å². The van der Waals surface area contributed by atoms with E-state index in [4.69, 9.17) is 4.74 Å². The monoisotopic (exact) mass is 716 g/mol. The van der Waals surface area contributed by atoms with Gasteiger partial charge in [0.15, 0.2) is 32.2 Å². The molecule has 4 aromatic rings. The summed E-state index contributed by atoms with van der Waals surface area (Å²) in [4.78, 5) is 28.1. The minimum Gasteiger partial charge on any atom is -0.444 e. The first kappa shape index (κ1) is 34.8. The van der Waals surface area contributed by atoms with E-state index in [2.05, 4.69) is 40.6 Å². The molecule has 3 N–H and O–H groups in total. The van der Waals surface area contributed by atoms with Crippen molar-refractivity contribution in [3.63, 3.8) is 0 Å². The number of amides is 1. The molecular formula is C31H40N8O4S4. The summed E-state index contributed by atoms with van der Waals surface area (Å²) in [7, 11) is -2.64. The van der Waals surface area contributed by atoms with Crippen molar-refractivity contribution < 1.29 is 17.9 Å². The molecule has 252 valence electrons. The first-order valence-electron chi connectivity index (χ1n) is 15.2. The summed E-state index contributed by atoms with van der Waals surface area (Å²) in [5.74, 6) is 0. The van der Waals surface area contributed by atoms with Crippen molar-refractivity contribution in [3.8, 4) is 0 Å². The van der Waals surface area contributed by atoms with Gasteiger partial charge in [0.25, 0.3) is 0 Å². The van der Waals surface area contributed by atoms with Crippen LogP contribution in [0.2, 0.25) is 0 Å². The van der Waals surface area contributed by atoms with E-state index in [0.29, 0.717) is 41.3 Å². The number of carbonyl (C=O) groups is 1. The van der Waals surface area contributed by atoms with Crippen LogP contribution in [-0.4, -0.2) is 87.3 Å². The highest BCUT2D eigenvalue weighted by Crippen LogP contribution is 2.23. The molecule has 1 amide bonds. The second-order valence-corrected chi connectivity index (χ2v) is 15.8. The molecule has 0 radical (unpaired) electrons. The summed E-state index contributed by atoms with van der Waals surface area (Å²) in [6.45, 7) is 12.1. The lowest BCUT2D eigenvalue weighted by molar-refractivity contribution is 0.0240. The van der Waals surface area contributed by atoms with Gasteiger partial charge >= 0.3 is 6.09 Å². The SMILES string of the molecule is CC(C)(C)OC(=O)N1CCN(c2cccc(S(=O)Nc3nccs3)c2)CC1.O=S(Nc1nccs1)c1cccc(N2CCNCC2)c1. The predicted molar refractivity (Wildman–Crippen MR) is 192 cm³/mol. The number of hydrogen-bond donors (Lipinski definition) is 3. The highest BCUT2D eigenvalue weighted by atomic mass is 32.2. The molecule has 0 aliphatic carbocycles. The van der Waals surface area contributed by atoms with Gasteiger partial charge in [0.05, 0.1) is 9.79 Å². The number of nitrogens with zero attached hydrogens (tertiary/aromatic N) is 5. The number of piperazine rings is 2. The predicted octanol–water partition coefficient (Wildman–Crippen LogP) is 5.02. The summed E-state index contributed by atoms with van der Waals surface area (Å²) in [5.41, 5.74) is 1.63. The molecule has 0 bridgehead atoms. The third kappa shape index (κ3) is 10.5. The first-order valence-corrected chi connectivity index (χ1v) is 19.2. The maximum atomic E-state index is 12.5. The standard InChI is InChI=1S/C18H24N4O3S2.C13H16N4OS2/c1-18(2,3)25-17(23)22-10-8-21(9-11-22)14-5-4-6-15(13-14)27(24)20-16-19-7-12-26-16;18-20(16-13-15-6-9-19-13)12-3-1-2-11(10-12)17-7-4-14-5-8-17/h4-7,12-13H,8-11H2,1-3H3,(H,19,20);1-3,6,9-10,14H,4-5,7-8H2,(H,15,16). The van der Waals surface area contributed by atoms with Gasteiger partial charge in [-0.1, -0.05) is 12.1 Å². The Morgan fingerprint density at radius 1 is 0.787 bits per heavy atom. The summed E-state index contributed by atoms with van der Waals surface area (Å²) < 4.78 is 36.0. The smallest absolute Gasteiger partial charge is 0.410 e. The molecule has 6 rings (SSSR count). The molecule has 2 aliphatic heterocycles. The Labute approximate surface area is 288 Å². The van der Waals surface area contributed by atoms with Crippen molar-refractivity contribution in [1.29, 1.82) is 0 Å². The molecule has 47 heavy (non-hydrogen) atoms. The summed E-state index contributed by atoms with van der Waals surface area (Å²) >= 11 is 2.85. The molecule has 2 aromatic heterocycles. The van der Waals surface area contributed by atoms with Crippen LogP contribution in [0, 0.1) is 0 Å². The molecule has 12 nitrogen and oxygen atoms in total. The van der Waals surface area contributed by atoms with Crippen molar-refractivity contribution in [2.24, 2.45) is 0 Å². The number of ether oxygens (including phenoxy) is 1. The van der Waals surface area contributed by atoms with E-state index in [1.807, 2.05) is 74.0 Å². The van der Waals surface area contributed by atoms with Crippen LogP contribution in [0.3, 0.4) is 0 Å². The Hall–Kier alpha value is -3.57. The Bertz CT molecular complexity index is 1620. The number of hydrogen-bond acceptors (Lipinski definition) is 11. The van der Waals surface area contributed by atoms with Gasteiger partial charge in [-0.05, 0) is 57.2 Å². The zero-order valence-electron chi connectivity index (χ0n) is 26.6. The Balaban J connectivity index is 0.000000193. The van der Waals surface area contributed by atoms with Crippen LogP contribution >= 0.6 is 22.7 Å². The van der Waals surface area contributed by atoms with Crippen LogP contribution < -0.4 is 24.6 Å². The highest BCUT2D eigenvalue weighted by molar-refractivity contribution is 7.87. The Kier molecular flexibility index (Phi) is 12.2. The number of anilines is 4. The average molecular weight is 717 g/mol. The fourth-order valence-corrected chi connectivity index (χ4v) is 7.91. The van der Waals surface area contributed by atoms with E-state index in [1.54, 1.807) is 17.3 Å². The van der Waals surface area contributed by atoms with E-state index in [9.17, 15) is 13.2 Å². The molecule has 2 aromatic carbocycles. The highest BCUT2D eigenvalue weighted by Gasteiger charge is 2.26. The van der Waals surface area contributed by atoms with Crippen LogP contribution in [-0.2, 0) is 26.7 Å². The van der Waals surface area contributed by atoms with E-state index in [-0.39, 0.29) is 6.09 Å². The third-order valence-electron chi connectivity index (χ3n) is 7.07. The fourth-order valence-electron chi connectivity index (χ4n) is 4.81. The van der Waals surface area contributed by atoms with Crippen LogP contribution in [0.5, 0.6) is 0 Å². The van der Waals surface area contributed by atoms with Gasteiger partial charge in [0, 0.05) is 86.9 Å². The quantitative estimate of drug-likeness (QED) is 0.230. The second-order valence-electron chi connectivity index (χ2n) is 11.6. The lowest BCUT2D eigenvalue weighted by atomic mass is 10.2. The van der Waals surface area contributed by atoms with E-state index in [0.717, 1.165) is 42.4 Å². The van der Waals surface area contributed by atoms with Crippen molar-refractivity contribution in [3.05, 3.63) is 71.7 Å². The van der Waals surface area contributed by atoms with E-state index < -0.39 is 27.6 Å². The lowest BCUT2D eigenvalue weighted by Crippen LogP contribution is -2.50. The minimum absolute atomic E-state index is 0.273. The average Bonchev–Trinajstić information content (AvgIpc) is 3.80. The normalized spacial score (nSPS) is 16.4. The summed E-state index contributed by atoms with van der Waals surface area (Å²) in [6, 6.07) is 15.5. The fraction of sp³-hybridized carbons (Fsp3) is 0.387. The molecule has 16 heteroatoms. The molecule has 2 unspecified atom stereocenters. The van der Waals surface area contributed by atoms with Crippen LogP contribution in [0.15, 0.2) is 81.5 Å². The van der Waals surface area contributed by atoms with Gasteiger partial charge in [-0.2, -0.15) is 0 Å². The van der Waals surface area contributed by atoms with Crippen molar-refractivity contribution in [2.75, 3.05) is 71.6 Å². The second kappa shape index (κ2) is 16.5. The van der Waals surface area contributed by atoms with Gasteiger partial charge in [0.2, 0.25) is 0 Å². The molecule has 0 spiro atoms. The topological polar surface area (TPSA) is 132 Å². The van der Waals surface area contributed by atoms with Crippen molar-refractivity contribution in [1.82, 2.24) is 20.2 Å². The molecule has 2 saturated heterocycles. The lowest BCUT2D eigenvalue weighted by Gasteiger charge is -2.36. The first-order chi connectivity index (χ1) is 22.6. The van der Waals surface area contributed by atoms with Crippen LogP contribution in [0.1, 0.15) is 20.8 Å². The van der Waals surface area contributed by atoms with Gasteiger partial charge in [-0.15, -0.1) is 22.7 Å². The van der Waals surface area contributed by atoms with E-state index in [1.165, 1.54) is 22.7 Å². The summed E-state index contributed by atoms with van der Waals surface area (Å²) in [6.07, 6.45) is 3.09. The zero-order valence-corrected chi connectivity index (χ0v) is 29.9. The minimum atomic E-state index is -1.37. The Morgan fingerprint density at radius 3 is 1.72 bits per heavy atom. The molecule has 4 heterocycles. The molecule has 2 aliphatic rings. The van der Waals surface area contributed by atoms with Crippen LogP contribution in [0.4, 0.5) is 26.4 Å². The van der Waals surface area contributed by atoms with Crippen molar-refractivity contribution in [2.45, 2.75) is 36.2 Å². The van der Waals surface area contributed by atoms with Gasteiger partial charge in [-0.25, -0.2) is 23.2 Å².